The van der Waals surface area contributed by atoms with Crippen LogP contribution >= 0.6 is 0 Å². The minimum atomic E-state index is -0.433. The molecule has 0 atom stereocenters. The Kier molecular flexibility index (Phi) is 4.23. The summed E-state index contributed by atoms with van der Waals surface area (Å²) in [4.78, 5) is 15.1. The first-order valence-corrected chi connectivity index (χ1v) is 6.07. The van der Waals surface area contributed by atoms with Gasteiger partial charge in [0.1, 0.15) is 11.6 Å². The van der Waals surface area contributed by atoms with E-state index in [1.54, 1.807) is 24.5 Å². The maximum Gasteiger partial charge on any atom is 0.150 e. The molecule has 0 aliphatic heterocycles. The van der Waals surface area contributed by atoms with Crippen LogP contribution in [0.15, 0.2) is 36.7 Å². The third-order valence-electron chi connectivity index (χ3n) is 2.64. The summed E-state index contributed by atoms with van der Waals surface area (Å²) in [6.07, 6.45) is 4.78. The predicted octanol–water partition coefficient (Wildman–Crippen LogP) is 3.49. The van der Waals surface area contributed by atoms with Crippen molar-refractivity contribution in [3.8, 4) is 16.9 Å². The van der Waals surface area contributed by atoms with Crippen molar-refractivity contribution in [1.82, 2.24) is 4.98 Å². The monoisotopic (exact) mass is 259 g/mol. The Morgan fingerprint density at radius 1 is 1.32 bits per heavy atom. The van der Waals surface area contributed by atoms with Crippen LogP contribution in [0.4, 0.5) is 4.39 Å². The summed E-state index contributed by atoms with van der Waals surface area (Å²) >= 11 is 0. The van der Waals surface area contributed by atoms with E-state index in [0.717, 1.165) is 12.0 Å². The van der Waals surface area contributed by atoms with Crippen molar-refractivity contribution < 1.29 is 13.9 Å². The molecular weight excluding hydrogens is 245 g/mol. The van der Waals surface area contributed by atoms with Gasteiger partial charge in [0.2, 0.25) is 0 Å². The topological polar surface area (TPSA) is 39.2 Å². The lowest BCUT2D eigenvalue weighted by molar-refractivity contribution is 0.112. The Bertz CT molecular complexity index is 584. The second-order valence-corrected chi connectivity index (χ2v) is 4.11. The quantitative estimate of drug-likeness (QED) is 0.771. The van der Waals surface area contributed by atoms with Crippen molar-refractivity contribution >= 4 is 6.29 Å². The number of ether oxygens (including phenoxy) is 1. The molecule has 0 bridgehead atoms. The minimum absolute atomic E-state index is 0.300. The summed E-state index contributed by atoms with van der Waals surface area (Å²) in [7, 11) is 0. The van der Waals surface area contributed by atoms with E-state index in [1.807, 2.05) is 6.92 Å². The molecular formula is C15H14FNO2. The molecule has 98 valence electrons. The highest BCUT2D eigenvalue weighted by atomic mass is 19.1. The van der Waals surface area contributed by atoms with Crippen LogP contribution in [0, 0.1) is 5.82 Å². The smallest absolute Gasteiger partial charge is 0.150 e. The zero-order valence-corrected chi connectivity index (χ0v) is 10.6. The van der Waals surface area contributed by atoms with Gasteiger partial charge in [-0.15, -0.1) is 0 Å². The molecule has 4 heteroatoms. The molecule has 0 aliphatic rings. The summed E-state index contributed by atoms with van der Waals surface area (Å²) in [6.45, 7) is 2.62. The standard InChI is InChI=1S/C15H14FNO2/c1-2-5-19-14-7-11(8-17-9-14)15-4-3-13(16)6-12(15)10-18/h3-4,6-10H,2,5H2,1H3. The third-order valence-corrected chi connectivity index (χ3v) is 2.64. The lowest BCUT2D eigenvalue weighted by Crippen LogP contribution is -1.96. The number of aldehydes is 1. The summed E-state index contributed by atoms with van der Waals surface area (Å²) < 4.78 is 18.6. The van der Waals surface area contributed by atoms with Crippen LogP contribution in [0.5, 0.6) is 5.75 Å². The van der Waals surface area contributed by atoms with E-state index >= 15 is 0 Å². The molecule has 3 nitrogen and oxygen atoms in total. The van der Waals surface area contributed by atoms with Crippen molar-refractivity contribution in [2.45, 2.75) is 13.3 Å². The Hall–Kier alpha value is -2.23. The molecule has 2 aromatic rings. The third kappa shape index (κ3) is 3.16. The fourth-order valence-electron chi connectivity index (χ4n) is 1.76. The van der Waals surface area contributed by atoms with Crippen LogP contribution in [-0.4, -0.2) is 17.9 Å². The zero-order valence-electron chi connectivity index (χ0n) is 10.6. The van der Waals surface area contributed by atoms with Crippen molar-refractivity contribution in [3.63, 3.8) is 0 Å². The number of halogens is 1. The van der Waals surface area contributed by atoms with Crippen LogP contribution in [0.2, 0.25) is 0 Å². The highest BCUT2D eigenvalue weighted by Gasteiger charge is 2.07. The van der Waals surface area contributed by atoms with Crippen LogP contribution in [0.1, 0.15) is 23.7 Å². The second kappa shape index (κ2) is 6.09. The Balaban J connectivity index is 2.38. The van der Waals surface area contributed by atoms with E-state index < -0.39 is 5.82 Å². The van der Waals surface area contributed by atoms with E-state index in [4.69, 9.17) is 4.74 Å². The normalized spacial score (nSPS) is 10.2. The van der Waals surface area contributed by atoms with Gasteiger partial charge in [-0.3, -0.25) is 9.78 Å². The molecule has 2 rings (SSSR count). The highest BCUT2D eigenvalue weighted by Crippen LogP contribution is 2.25. The molecule has 1 heterocycles. The molecule has 0 amide bonds. The first-order chi connectivity index (χ1) is 9.24. The number of hydrogen-bond acceptors (Lipinski definition) is 3. The first kappa shape index (κ1) is 13.2. The van der Waals surface area contributed by atoms with Crippen molar-refractivity contribution in [2.24, 2.45) is 0 Å². The van der Waals surface area contributed by atoms with Crippen molar-refractivity contribution in [2.75, 3.05) is 6.61 Å². The maximum atomic E-state index is 13.1. The number of nitrogens with zero attached hydrogens (tertiary/aromatic N) is 1. The summed E-state index contributed by atoms with van der Waals surface area (Å²) in [6, 6.07) is 5.90. The Morgan fingerprint density at radius 3 is 2.89 bits per heavy atom. The van der Waals surface area contributed by atoms with Crippen LogP contribution < -0.4 is 4.74 Å². The molecule has 0 fully saturated rings. The molecule has 0 spiro atoms. The summed E-state index contributed by atoms with van der Waals surface area (Å²) in [5.41, 5.74) is 1.68. The number of pyridine rings is 1. The summed E-state index contributed by atoms with van der Waals surface area (Å²) in [5, 5.41) is 0. The van der Waals surface area contributed by atoms with E-state index in [9.17, 15) is 9.18 Å². The number of hydrogen-bond donors (Lipinski definition) is 0. The second-order valence-electron chi connectivity index (χ2n) is 4.11. The predicted molar refractivity (Wildman–Crippen MR) is 70.8 cm³/mol. The largest absolute Gasteiger partial charge is 0.492 e. The van der Waals surface area contributed by atoms with Gasteiger partial charge in [0.05, 0.1) is 12.8 Å². The number of benzene rings is 1. The zero-order chi connectivity index (χ0) is 13.7. The average molecular weight is 259 g/mol. The maximum absolute atomic E-state index is 13.1. The van der Waals surface area contributed by atoms with Crippen LogP contribution in [-0.2, 0) is 0 Å². The SMILES string of the molecule is CCCOc1cncc(-c2ccc(F)cc2C=O)c1. The van der Waals surface area contributed by atoms with Gasteiger partial charge in [-0.05, 0) is 30.2 Å². The average Bonchev–Trinajstić information content (AvgIpc) is 2.45. The van der Waals surface area contributed by atoms with Gasteiger partial charge >= 0.3 is 0 Å². The van der Waals surface area contributed by atoms with Gasteiger partial charge in [0.15, 0.2) is 6.29 Å². The highest BCUT2D eigenvalue weighted by molar-refractivity contribution is 5.87. The molecule has 19 heavy (non-hydrogen) atoms. The molecule has 0 aliphatic carbocycles. The fourth-order valence-corrected chi connectivity index (χ4v) is 1.76. The van der Waals surface area contributed by atoms with E-state index in [2.05, 4.69) is 4.98 Å². The Morgan fingerprint density at radius 2 is 2.16 bits per heavy atom. The van der Waals surface area contributed by atoms with Gasteiger partial charge in [0.25, 0.3) is 0 Å². The molecule has 0 radical (unpaired) electrons. The van der Waals surface area contributed by atoms with E-state index in [1.165, 1.54) is 12.1 Å². The fraction of sp³-hybridized carbons (Fsp3) is 0.200. The van der Waals surface area contributed by atoms with Gasteiger partial charge in [-0.1, -0.05) is 13.0 Å². The van der Waals surface area contributed by atoms with Crippen LogP contribution in [0.3, 0.4) is 0 Å². The molecule has 0 saturated carbocycles. The van der Waals surface area contributed by atoms with Gasteiger partial charge in [0, 0.05) is 17.3 Å². The molecule has 0 N–H and O–H groups in total. The number of carbonyl (C=O) groups excluding carboxylic acids is 1. The van der Waals surface area contributed by atoms with Crippen LogP contribution in [0.25, 0.3) is 11.1 Å². The molecule has 1 aromatic heterocycles. The summed E-state index contributed by atoms with van der Waals surface area (Å²) in [5.74, 6) is 0.206. The van der Waals surface area contributed by atoms with Gasteiger partial charge < -0.3 is 4.74 Å². The number of carbonyl (C=O) groups is 1. The number of rotatable bonds is 5. The number of aromatic nitrogens is 1. The molecule has 1 aromatic carbocycles. The van der Waals surface area contributed by atoms with Crippen molar-refractivity contribution in [3.05, 3.63) is 48.0 Å². The van der Waals surface area contributed by atoms with Crippen molar-refractivity contribution in [1.29, 1.82) is 0 Å². The van der Waals surface area contributed by atoms with E-state index in [-0.39, 0.29) is 0 Å². The molecule has 0 saturated heterocycles. The van der Waals surface area contributed by atoms with Gasteiger partial charge in [-0.25, -0.2) is 4.39 Å². The minimum Gasteiger partial charge on any atom is -0.492 e. The lowest BCUT2D eigenvalue weighted by atomic mass is 10.0. The first-order valence-electron chi connectivity index (χ1n) is 6.07. The van der Waals surface area contributed by atoms with Gasteiger partial charge in [-0.2, -0.15) is 0 Å². The molecule has 0 unspecified atom stereocenters. The lowest BCUT2D eigenvalue weighted by Gasteiger charge is -2.08. The Labute approximate surface area is 111 Å². The van der Waals surface area contributed by atoms with E-state index in [0.29, 0.717) is 29.8 Å².